The van der Waals surface area contributed by atoms with E-state index in [1.807, 2.05) is 24.3 Å². The van der Waals surface area contributed by atoms with Gasteiger partial charge >= 0.3 is 0 Å². The van der Waals surface area contributed by atoms with Crippen molar-refractivity contribution < 1.29 is 9.59 Å². The minimum Gasteiger partial charge on any atom is -0.369 e. The van der Waals surface area contributed by atoms with Gasteiger partial charge < -0.3 is 11.1 Å². The van der Waals surface area contributed by atoms with E-state index in [9.17, 15) is 9.59 Å². The SMILES string of the molecule is NC(=O)C1CC2CC(NC(=O)c3ccc(Cn4cc(Cl)cn4)cc3)C2C1. The molecule has 0 saturated heterocycles. The molecule has 2 aromatic rings. The van der Waals surface area contributed by atoms with Gasteiger partial charge in [0.05, 0.1) is 17.8 Å². The molecule has 2 aliphatic carbocycles. The molecule has 2 fully saturated rings. The Balaban J connectivity index is 1.33. The largest absolute Gasteiger partial charge is 0.369 e. The molecule has 1 aromatic heterocycles. The van der Waals surface area contributed by atoms with Gasteiger partial charge in [0.25, 0.3) is 5.91 Å². The smallest absolute Gasteiger partial charge is 0.251 e. The molecular formula is C19H21ClN4O2. The van der Waals surface area contributed by atoms with Gasteiger partial charge in [-0.1, -0.05) is 23.7 Å². The van der Waals surface area contributed by atoms with Gasteiger partial charge in [-0.25, -0.2) is 0 Å². The van der Waals surface area contributed by atoms with Crippen molar-refractivity contribution in [2.75, 3.05) is 0 Å². The fourth-order valence-corrected chi connectivity index (χ4v) is 4.41. The maximum Gasteiger partial charge on any atom is 0.251 e. The van der Waals surface area contributed by atoms with E-state index in [2.05, 4.69) is 10.4 Å². The van der Waals surface area contributed by atoms with Gasteiger partial charge in [-0.2, -0.15) is 5.10 Å². The Bertz CT molecular complexity index is 832. The van der Waals surface area contributed by atoms with Crippen LogP contribution in [0.25, 0.3) is 0 Å². The molecule has 0 spiro atoms. The third kappa shape index (κ3) is 3.33. The van der Waals surface area contributed by atoms with Crippen LogP contribution in [0, 0.1) is 17.8 Å². The summed E-state index contributed by atoms with van der Waals surface area (Å²) in [5, 5.41) is 7.86. The molecule has 2 aliphatic rings. The van der Waals surface area contributed by atoms with Gasteiger partial charge in [0.15, 0.2) is 0 Å². The summed E-state index contributed by atoms with van der Waals surface area (Å²) in [4.78, 5) is 23.8. The molecule has 2 saturated carbocycles. The number of hydrogen-bond donors (Lipinski definition) is 2. The maximum absolute atomic E-state index is 12.5. The number of benzene rings is 1. The number of halogens is 1. The first-order valence-corrected chi connectivity index (χ1v) is 9.24. The van der Waals surface area contributed by atoms with Gasteiger partial charge in [0.1, 0.15) is 0 Å². The van der Waals surface area contributed by atoms with Crippen LogP contribution in [-0.2, 0) is 11.3 Å². The predicted octanol–water partition coefficient (Wildman–Crippen LogP) is 2.21. The summed E-state index contributed by atoms with van der Waals surface area (Å²) in [6.07, 6.45) is 5.98. The van der Waals surface area contributed by atoms with E-state index in [0.29, 0.717) is 29.0 Å². The highest BCUT2D eigenvalue weighted by Crippen LogP contribution is 2.49. The molecule has 1 heterocycles. The van der Waals surface area contributed by atoms with Crippen molar-refractivity contribution in [3.8, 4) is 0 Å². The molecular weight excluding hydrogens is 352 g/mol. The fraction of sp³-hybridized carbons (Fsp3) is 0.421. The molecule has 4 rings (SSSR count). The Morgan fingerprint density at radius 3 is 2.65 bits per heavy atom. The maximum atomic E-state index is 12.5. The molecule has 4 unspecified atom stereocenters. The zero-order valence-corrected chi connectivity index (χ0v) is 15.0. The van der Waals surface area contributed by atoms with E-state index in [0.717, 1.165) is 24.8 Å². The van der Waals surface area contributed by atoms with Crippen molar-refractivity contribution in [1.82, 2.24) is 15.1 Å². The van der Waals surface area contributed by atoms with E-state index >= 15 is 0 Å². The van der Waals surface area contributed by atoms with E-state index < -0.39 is 0 Å². The number of nitrogens with one attached hydrogen (secondary N) is 1. The van der Waals surface area contributed by atoms with Crippen LogP contribution in [0.3, 0.4) is 0 Å². The highest BCUT2D eigenvalue weighted by Gasteiger charge is 2.49. The highest BCUT2D eigenvalue weighted by molar-refractivity contribution is 6.30. The Kier molecular flexibility index (Phi) is 4.44. The number of aromatic nitrogens is 2. The second-order valence-corrected chi connectivity index (χ2v) is 7.80. The minimum absolute atomic E-state index is 0.0259. The number of nitrogens with two attached hydrogens (primary N) is 1. The Morgan fingerprint density at radius 2 is 2.00 bits per heavy atom. The highest BCUT2D eigenvalue weighted by atomic mass is 35.5. The first-order chi connectivity index (χ1) is 12.5. The lowest BCUT2D eigenvalue weighted by atomic mass is 9.71. The molecule has 136 valence electrons. The van der Waals surface area contributed by atoms with E-state index in [1.54, 1.807) is 17.1 Å². The summed E-state index contributed by atoms with van der Waals surface area (Å²) in [6, 6.07) is 7.65. The molecule has 6 nitrogen and oxygen atoms in total. The number of carbonyl (C=O) groups excluding carboxylic acids is 2. The first-order valence-electron chi connectivity index (χ1n) is 8.86. The average molecular weight is 373 g/mol. The summed E-state index contributed by atoms with van der Waals surface area (Å²) in [5.74, 6) is 0.617. The lowest BCUT2D eigenvalue weighted by Gasteiger charge is -2.40. The van der Waals surface area contributed by atoms with Gasteiger partial charge in [-0.15, -0.1) is 0 Å². The fourth-order valence-electron chi connectivity index (χ4n) is 4.25. The molecule has 0 aliphatic heterocycles. The predicted molar refractivity (Wildman–Crippen MR) is 97.6 cm³/mol. The van der Waals surface area contributed by atoms with Crippen LogP contribution < -0.4 is 11.1 Å². The number of rotatable bonds is 5. The number of amides is 2. The van der Waals surface area contributed by atoms with Crippen LogP contribution in [-0.4, -0.2) is 27.6 Å². The molecule has 3 N–H and O–H groups in total. The third-order valence-electron chi connectivity index (χ3n) is 5.70. The van der Waals surface area contributed by atoms with Crippen molar-refractivity contribution in [3.63, 3.8) is 0 Å². The van der Waals surface area contributed by atoms with Crippen molar-refractivity contribution in [2.45, 2.75) is 31.8 Å². The summed E-state index contributed by atoms with van der Waals surface area (Å²) < 4.78 is 1.75. The first kappa shape index (κ1) is 17.1. The average Bonchev–Trinajstić information content (AvgIpc) is 3.16. The quantitative estimate of drug-likeness (QED) is 0.843. The van der Waals surface area contributed by atoms with Crippen molar-refractivity contribution >= 4 is 23.4 Å². The summed E-state index contributed by atoms with van der Waals surface area (Å²) >= 11 is 5.86. The summed E-state index contributed by atoms with van der Waals surface area (Å²) in [7, 11) is 0. The molecule has 1 aromatic carbocycles. The van der Waals surface area contributed by atoms with Crippen LogP contribution in [0.1, 0.15) is 35.2 Å². The third-order valence-corrected chi connectivity index (χ3v) is 5.90. The van der Waals surface area contributed by atoms with E-state index in [4.69, 9.17) is 17.3 Å². The number of hydrogen-bond acceptors (Lipinski definition) is 3. The topological polar surface area (TPSA) is 90.0 Å². The van der Waals surface area contributed by atoms with E-state index in [-0.39, 0.29) is 23.8 Å². The van der Waals surface area contributed by atoms with E-state index in [1.165, 1.54) is 0 Å². The lowest BCUT2D eigenvalue weighted by molar-refractivity contribution is -0.121. The molecule has 7 heteroatoms. The molecule has 2 amide bonds. The molecule has 0 radical (unpaired) electrons. The Hall–Kier alpha value is -2.34. The monoisotopic (exact) mass is 372 g/mol. The molecule has 0 bridgehead atoms. The standard InChI is InChI=1S/C19H21ClN4O2/c20-15-8-22-24(10-15)9-11-1-3-12(4-2-11)19(26)23-17-7-13-5-14(18(21)25)6-16(13)17/h1-4,8,10,13-14,16-17H,5-7,9H2,(H2,21,25)(H,23,26). The van der Waals surface area contributed by atoms with Crippen LogP contribution in [0.2, 0.25) is 5.02 Å². The zero-order valence-electron chi connectivity index (χ0n) is 14.3. The summed E-state index contributed by atoms with van der Waals surface area (Å²) in [6.45, 7) is 0.607. The normalized spacial score (nSPS) is 26.8. The van der Waals surface area contributed by atoms with Crippen LogP contribution >= 0.6 is 11.6 Å². The van der Waals surface area contributed by atoms with Crippen molar-refractivity contribution in [1.29, 1.82) is 0 Å². The van der Waals surface area contributed by atoms with Gasteiger partial charge in [-0.3, -0.25) is 14.3 Å². The van der Waals surface area contributed by atoms with Gasteiger partial charge in [0.2, 0.25) is 5.91 Å². The van der Waals surface area contributed by atoms with Gasteiger partial charge in [0, 0.05) is 23.7 Å². The van der Waals surface area contributed by atoms with Crippen molar-refractivity contribution in [3.05, 3.63) is 52.8 Å². The Morgan fingerprint density at radius 1 is 1.23 bits per heavy atom. The zero-order chi connectivity index (χ0) is 18.3. The number of fused-ring (bicyclic) bond motifs is 1. The second kappa shape index (κ2) is 6.76. The van der Waals surface area contributed by atoms with Crippen LogP contribution in [0.15, 0.2) is 36.7 Å². The molecule has 4 atom stereocenters. The number of carbonyl (C=O) groups is 2. The number of nitrogens with zero attached hydrogens (tertiary/aromatic N) is 2. The van der Waals surface area contributed by atoms with Crippen LogP contribution in [0.4, 0.5) is 0 Å². The van der Waals surface area contributed by atoms with Crippen LogP contribution in [0.5, 0.6) is 0 Å². The summed E-state index contributed by atoms with van der Waals surface area (Å²) in [5.41, 5.74) is 7.10. The minimum atomic E-state index is -0.210. The molecule has 26 heavy (non-hydrogen) atoms. The number of primary amides is 1. The Labute approximate surface area is 156 Å². The second-order valence-electron chi connectivity index (χ2n) is 7.36. The van der Waals surface area contributed by atoms with Crippen molar-refractivity contribution in [2.24, 2.45) is 23.5 Å². The van der Waals surface area contributed by atoms with Gasteiger partial charge in [-0.05, 0) is 48.8 Å². The lowest BCUT2D eigenvalue weighted by Crippen LogP contribution is -2.50.